The minimum Gasteiger partial charge on any atom is -0.329 e. The molecule has 1 rings (SSSR count). The highest BCUT2D eigenvalue weighted by atomic mass is 32.2. The summed E-state index contributed by atoms with van der Waals surface area (Å²) in [5.74, 6) is 3.28. The van der Waals surface area contributed by atoms with Crippen molar-refractivity contribution in [2.45, 2.75) is 39.2 Å². The molecule has 3 heteroatoms. The van der Waals surface area contributed by atoms with Gasteiger partial charge in [0.2, 0.25) is 0 Å². The first-order chi connectivity index (χ1) is 7.14. The third-order valence-electron chi connectivity index (χ3n) is 3.32. The van der Waals surface area contributed by atoms with E-state index in [9.17, 15) is 0 Å². The van der Waals surface area contributed by atoms with Crippen LogP contribution in [0, 0.1) is 5.92 Å². The Hall–Kier alpha value is 0.270. The van der Waals surface area contributed by atoms with Gasteiger partial charge >= 0.3 is 0 Å². The molecule has 1 fully saturated rings. The van der Waals surface area contributed by atoms with E-state index in [-0.39, 0.29) is 0 Å². The van der Waals surface area contributed by atoms with Crippen molar-refractivity contribution < 1.29 is 0 Å². The predicted molar refractivity (Wildman–Crippen MR) is 70.4 cm³/mol. The van der Waals surface area contributed by atoms with Gasteiger partial charge < -0.3 is 5.73 Å². The SMILES string of the molecule is CCN(CC(C)C)C1(CN)CCCSC1. The average Bonchev–Trinajstić information content (AvgIpc) is 2.26. The van der Waals surface area contributed by atoms with Crippen molar-refractivity contribution in [2.75, 3.05) is 31.1 Å². The number of likely N-dealkylation sites (N-methyl/N-ethyl adjacent to an activating group) is 1. The average molecular weight is 230 g/mol. The summed E-state index contributed by atoms with van der Waals surface area (Å²) in [6, 6.07) is 0. The van der Waals surface area contributed by atoms with Crippen molar-refractivity contribution in [2.24, 2.45) is 11.7 Å². The molecule has 1 heterocycles. The van der Waals surface area contributed by atoms with Gasteiger partial charge in [-0.25, -0.2) is 0 Å². The van der Waals surface area contributed by atoms with E-state index in [0.717, 1.165) is 19.0 Å². The van der Waals surface area contributed by atoms with Crippen LogP contribution in [0.1, 0.15) is 33.6 Å². The van der Waals surface area contributed by atoms with Crippen LogP contribution in [0.5, 0.6) is 0 Å². The second kappa shape index (κ2) is 6.12. The van der Waals surface area contributed by atoms with E-state index >= 15 is 0 Å². The molecule has 0 aromatic carbocycles. The van der Waals surface area contributed by atoms with Gasteiger partial charge in [0.05, 0.1) is 0 Å². The van der Waals surface area contributed by atoms with Crippen molar-refractivity contribution in [3.05, 3.63) is 0 Å². The molecule has 0 amide bonds. The molecule has 0 aliphatic carbocycles. The summed E-state index contributed by atoms with van der Waals surface area (Å²) in [5.41, 5.74) is 6.33. The minimum absolute atomic E-state index is 0.294. The molecule has 0 saturated carbocycles. The van der Waals surface area contributed by atoms with Crippen LogP contribution in [0.15, 0.2) is 0 Å². The molecule has 15 heavy (non-hydrogen) atoms. The Kier molecular flexibility index (Phi) is 5.44. The van der Waals surface area contributed by atoms with Crippen LogP contribution in [0.4, 0.5) is 0 Å². The maximum absolute atomic E-state index is 6.04. The third-order valence-corrected chi connectivity index (χ3v) is 4.64. The highest BCUT2D eigenvalue weighted by Crippen LogP contribution is 2.31. The Morgan fingerprint density at radius 1 is 1.47 bits per heavy atom. The molecule has 1 aliphatic heterocycles. The first-order valence-electron chi connectivity index (χ1n) is 6.17. The third kappa shape index (κ3) is 3.36. The summed E-state index contributed by atoms with van der Waals surface area (Å²) in [6.07, 6.45) is 2.62. The Balaban J connectivity index is 2.67. The van der Waals surface area contributed by atoms with Crippen molar-refractivity contribution in [3.63, 3.8) is 0 Å². The zero-order chi connectivity index (χ0) is 11.3. The first kappa shape index (κ1) is 13.3. The van der Waals surface area contributed by atoms with Gasteiger partial charge in [0.25, 0.3) is 0 Å². The summed E-state index contributed by atoms with van der Waals surface area (Å²) in [7, 11) is 0. The zero-order valence-corrected chi connectivity index (χ0v) is 11.3. The van der Waals surface area contributed by atoms with Gasteiger partial charge in [-0.05, 0) is 31.1 Å². The fourth-order valence-corrected chi connectivity index (χ4v) is 3.79. The minimum atomic E-state index is 0.294. The molecule has 1 unspecified atom stereocenters. The van der Waals surface area contributed by atoms with Gasteiger partial charge in [-0.15, -0.1) is 0 Å². The van der Waals surface area contributed by atoms with Gasteiger partial charge in [0.1, 0.15) is 0 Å². The first-order valence-corrected chi connectivity index (χ1v) is 7.33. The highest BCUT2D eigenvalue weighted by Gasteiger charge is 2.36. The molecule has 1 saturated heterocycles. The molecule has 0 aromatic heterocycles. The van der Waals surface area contributed by atoms with Gasteiger partial charge in [-0.2, -0.15) is 11.8 Å². The summed E-state index contributed by atoms with van der Waals surface area (Å²) in [5, 5.41) is 0. The quantitative estimate of drug-likeness (QED) is 0.785. The maximum atomic E-state index is 6.04. The molecule has 1 aliphatic rings. The molecule has 2 nitrogen and oxygen atoms in total. The van der Waals surface area contributed by atoms with E-state index < -0.39 is 0 Å². The van der Waals surface area contributed by atoms with E-state index in [1.807, 2.05) is 0 Å². The lowest BCUT2D eigenvalue weighted by Crippen LogP contribution is -2.58. The smallest absolute Gasteiger partial charge is 0.0422 e. The van der Waals surface area contributed by atoms with E-state index in [1.165, 1.54) is 30.9 Å². The van der Waals surface area contributed by atoms with Crippen LogP contribution in [0.3, 0.4) is 0 Å². The molecular weight excluding hydrogens is 204 g/mol. The van der Waals surface area contributed by atoms with Crippen molar-refractivity contribution in [1.29, 1.82) is 0 Å². The molecule has 0 radical (unpaired) electrons. The Labute approximate surface area is 99.0 Å². The lowest BCUT2D eigenvalue weighted by molar-refractivity contribution is 0.0949. The Bertz CT molecular complexity index is 176. The normalized spacial score (nSPS) is 27.6. The monoisotopic (exact) mass is 230 g/mol. The second-order valence-electron chi connectivity index (χ2n) is 5.02. The number of thioether (sulfide) groups is 1. The predicted octanol–water partition coefficient (Wildman–Crippen LogP) is 2.19. The Morgan fingerprint density at radius 2 is 2.20 bits per heavy atom. The number of hydrogen-bond donors (Lipinski definition) is 1. The van der Waals surface area contributed by atoms with Crippen LogP contribution < -0.4 is 5.73 Å². The van der Waals surface area contributed by atoms with E-state index in [0.29, 0.717) is 5.54 Å². The molecular formula is C12H26N2S. The van der Waals surface area contributed by atoms with Gasteiger partial charge in [-0.3, -0.25) is 4.90 Å². The lowest BCUT2D eigenvalue weighted by Gasteiger charge is -2.46. The molecule has 2 N–H and O–H groups in total. The lowest BCUT2D eigenvalue weighted by atomic mass is 9.92. The standard InChI is InChI=1S/C12H26N2S/c1-4-14(8-11(2)3)12(9-13)6-5-7-15-10-12/h11H,4-10,13H2,1-3H3. The number of nitrogens with two attached hydrogens (primary N) is 1. The largest absolute Gasteiger partial charge is 0.329 e. The molecule has 0 spiro atoms. The van der Waals surface area contributed by atoms with Crippen molar-refractivity contribution in [1.82, 2.24) is 4.90 Å². The van der Waals surface area contributed by atoms with E-state index in [1.54, 1.807) is 0 Å². The topological polar surface area (TPSA) is 29.3 Å². The summed E-state index contributed by atoms with van der Waals surface area (Å²) in [6.45, 7) is 10.00. The highest BCUT2D eigenvalue weighted by molar-refractivity contribution is 7.99. The number of nitrogens with zero attached hydrogens (tertiary/aromatic N) is 1. The molecule has 0 aromatic rings. The van der Waals surface area contributed by atoms with Crippen LogP contribution >= 0.6 is 11.8 Å². The van der Waals surface area contributed by atoms with Gasteiger partial charge in [-0.1, -0.05) is 20.8 Å². The van der Waals surface area contributed by atoms with Crippen LogP contribution in [-0.4, -0.2) is 41.6 Å². The number of hydrogen-bond acceptors (Lipinski definition) is 3. The van der Waals surface area contributed by atoms with Crippen LogP contribution in [0.2, 0.25) is 0 Å². The molecule has 0 bridgehead atoms. The van der Waals surface area contributed by atoms with Crippen LogP contribution in [0.25, 0.3) is 0 Å². The fourth-order valence-electron chi connectivity index (χ4n) is 2.48. The molecule has 1 atom stereocenters. The van der Waals surface area contributed by atoms with E-state index in [4.69, 9.17) is 5.73 Å². The maximum Gasteiger partial charge on any atom is 0.0422 e. The summed E-state index contributed by atoms with van der Waals surface area (Å²) in [4.78, 5) is 2.61. The van der Waals surface area contributed by atoms with Crippen LogP contribution in [-0.2, 0) is 0 Å². The summed E-state index contributed by atoms with van der Waals surface area (Å²) >= 11 is 2.08. The fraction of sp³-hybridized carbons (Fsp3) is 1.00. The van der Waals surface area contributed by atoms with Gasteiger partial charge in [0, 0.05) is 24.4 Å². The van der Waals surface area contributed by atoms with Crippen molar-refractivity contribution >= 4 is 11.8 Å². The zero-order valence-electron chi connectivity index (χ0n) is 10.5. The van der Waals surface area contributed by atoms with Gasteiger partial charge in [0.15, 0.2) is 0 Å². The van der Waals surface area contributed by atoms with E-state index in [2.05, 4.69) is 37.4 Å². The second-order valence-corrected chi connectivity index (χ2v) is 6.12. The number of rotatable bonds is 5. The van der Waals surface area contributed by atoms with Crippen molar-refractivity contribution in [3.8, 4) is 0 Å². The Morgan fingerprint density at radius 3 is 2.60 bits per heavy atom. The molecule has 90 valence electrons. The summed E-state index contributed by atoms with van der Waals surface area (Å²) < 4.78 is 0.